The third-order valence-electron chi connectivity index (χ3n) is 3.00. The molecule has 1 aromatic carbocycles. The summed E-state index contributed by atoms with van der Waals surface area (Å²) in [4.78, 5) is 10.1. The first kappa shape index (κ1) is 14.5. The molecule has 0 saturated carbocycles. The lowest BCUT2D eigenvalue weighted by atomic mass is 10.2. The maximum absolute atomic E-state index is 13.8. The van der Waals surface area contributed by atoms with Crippen molar-refractivity contribution in [2.24, 2.45) is 0 Å². The first-order valence-electron chi connectivity index (χ1n) is 6.18. The van der Waals surface area contributed by atoms with Crippen LogP contribution in [-0.2, 0) is 4.74 Å². The topological polar surface area (TPSA) is 85.7 Å². The van der Waals surface area contributed by atoms with Gasteiger partial charge in [-0.1, -0.05) is 0 Å². The van der Waals surface area contributed by atoms with Crippen LogP contribution in [-0.4, -0.2) is 44.4 Å². The normalized spacial score (nSPS) is 18.6. The monoisotopic (exact) mass is 285 g/mol. The van der Waals surface area contributed by atoms with Crippen LogP contribution in [0, 0.1) is 15.9 Å². The summed E-state index contributed by atoms with van der Waals surface area (Å²) in [5.74, 6) is -0.666. The van der Waals surface area contributed by atoms with Crippen LogP contribution in [0.4, 0.5) is 15.8 Å². The summed E-state index contributed by atoms with van der Waals surface area (Å²) < 4.78 is 24.0. The number of benzene rings is 1. The second kappa shape index (κ2) is 6.49. The SMILES string of the molecule is COc1cc(NCC2COCCN2)c(F)cc1[N+](=O)[O-]. The predicted octanol–water partition coefficient (Wildman–Crippen LogP) is 1.14. The summed E-state index contributed by atoms with van der Waals surface area (Å²) in [6.07, 6.45) is 0. The van der Waals surface area contributed by atoms with E-state index >= 15 is 0 Å². The Morgan fingerprint density at radius 1 is 1.65 bits per heavy atom. The number of nitrogens with zero attached hydrogens (tertiary/aromatic N) is 1. The van der Waals surface area contributed by atoms with E-state index in [1.165, 1.54) is 13.2 Å². The van der Waals surface area contributed by atoms with Crippen molar-refractivity contribution in [2.75, 3.05) is 38.7 Å². The zero-order chi connectivity index (χ0) is 14.5. The van der Waals surface area contributed by atoms with Crippen molar-refractivity contribution in [1.82, 2.24) is 5.32 Å². The highest BCUT2D eigenvalue weighted by Gasteiger charge is 2.20. The highest BCUT2D eigenvalue weighted by atomic mass is 19.1. The molecule has 0 bridgehead atoms. The Balaban J connectivity index is 2.09. The minimum atomic E-state index is -0.686. The number of ether oxygens (including phenoxy) is 2. The predicted molar refractivity (Wildman–Crippen MR) is 70.7 cm³/mol. The lowest BCUT2D eigenvalue weighted by Gasteiger charge is -2.24. The lowest BCUT2D eigenvalue weighted by molar-refractivity contribution is -0.385. The van der Waals surface area contributed by atoms with Crippen LogP contribution in [0.15, 0.2) is 12.1 Å². The summed E-state index contributed by atoms with van der Waals surface area (Å²) >= 11 is 0. The standard InChI is InChI=1S/C12H16FN3O4/c1-19-12-5-10(9(13)4-11(12)16(17)18)15-6-8-7-20-3-2-14-8/h4-5,8,14-15H,2-3,6-7H2,1H3. The average Bonchev–Trinajstić information content (AvgIpc) is 2.46. The lowest BCUT2D eigenvalue weighted by Crippen LogP contribution is -2.45. The van der Waals surface area contributed by atoms with Crippen LogP contribution < -0.4 is 15.4 Å². The van der Waals surface area contributed by atoms with Gasteiger partial charge in [0.1, 0.15) is 0 Å². The second-order valence-electron chi connectivity index (χ2n) is 4.37. The molecular formula is C12H16FN3O4. The number of methoxy groups -OCH3 is 1. The van der Waals surface area contributed by atoms with Gasteiger partial charge in [0.25, 0.3) is 0 Å². The molecule has 8 heteroatoms. The summed E-state index contributed by atoms with van der Waals surface area (Å²) in [5.41, 5.74) is -0.227. The van der Waals surface area contributed by atoms with Gasteiger partial charge in [-0.05, 0) is 0 Å². The fourth-order valence-electron chi connectivity index (χ4n) is 1.97. The molecule has 0 spiro atoms. The molecule has 0 radical (unpaired) electrons. The molecule has 0 aliphatic carbocycles. The number of nitro benzene ring substituents is 1. The molecule has 1 saturated heterocycles. The van der Waals surface area contributed by atoms with Crippen molar-refractivity contribution < 1.29 is 18.8 Å². The zero-order valence-electron chi connectivity index (χ0n) is 11.0. The first-order chi connectivity index (χ1) is 9.61. The van der Waals surface area contributed by atoms with Gasteiger partial charge in [0.2, 0.25) is 0 Å². The molecule has 2 rings (SSSR count). The smallest absolute Gasteiger partial charge is 0.313 e. The van der Waals surface area contributed by atoms with Gasteiger partial charge in [0.05, 0.1) is 37.0 Å². The number of rotatable bonds is 5. The molecule has 1 atom stereocenters. The fourth-order valence-corrected chi connectivity index (χ4v) is 1.97. The van der Waals surface area contributed by atoms with Gasteiger partial charge in [0.15, 0.2) is 11.6 Å². The van der Waals surface area contributed by atoms with E-state index < -0.39 is 16.4 Å². The van der Waals surface area contributed by atoms with Crippen LogP contribution in [0.25, 0.3) is 0 Å². The molecule has 1 aliphatic rings. The number of hydrogen-bond donors (Lipinski definition) is 2. The molecule has 7 nitrogen and oxygen atoms in total. The van der Waals surface area contributed by atoms with Gasteiger partial charge in [-0.25, -0.2) is 4.39 Å². The Kier molecular flexibility index (Phi) is 4.70. The van der Waals surface area contributed by atoms with Crippen molar-refractivity contribution >= 4 is 11.4 Å². The van der Waals surface area contributed by atoms with E-state index in [1.54, 1.807) is 0 Å². The number of nitrogens with one attached hydrogen (secondary N) is 2. The van der Waals surface area contributed by atoms with Crippen LogP contribution in [0.5, 0.6) is 5.75 Å². The van der Waals surface area contributed by atoms with E-state index in [1.807, 2.05) is 0 Å². The average molecular weight is 285 g/mol. The number of hydrogen-bond acceptors (Lipinski definition) is 6. The third kappa shape index (κ3) is 3.34. The quantitative estimate of drug-likeness (QED) is 0.623. The Bertz CT molecular complexity index is 492. The number of anilines is 1. The van der Waals surface area contributed by atoms with E-state index in [4.69, 9.17) is 9.47 Å². The van der Waals surface area contributed by atoms with Gasteiger partial charge in [-0.15, -0.1) is 0 Å². The van der Waals surface area contributed by atoms with E-state index in [2.05, 4.69) is 10.6 Å². The van der Waals surface area contributed by atoms with Crippen LogP contribution in [0.2, 0.25) is 0 Å². The number of morpholine rings is 1. The summed E-state index contributed by atoms with van der Waals surface area (Å²) in [6, 6.07) is 2.22. The minimum Gasteiger partial charge on any atom is -0.490 e. The largest absolute Gasteiger partial charge is 0.490 e. The van der Waals surface area contributed by atoms with Crippen molar-refractivity contribution in [2.45, 2.75) is 6.04 Å². The molecular weight excluding hydrogens is 269 g/mol. The molecule has 1 aliphatic heterocycles. The van der Waals surface area contributed by atoms with Crippen molar-refractivity contribution in [3.63, 3.8) is 0 Å². The van der Waals surface area contributed by atoms with Crippen LogP contribution >= 0.6 is 0 Å². The highest BCUT2D eigenvalue weighted by molar-refractivity contribution is 5.59. The molecule has 1 unspecified atom stereocenters. The van der Waals surface area contributed by atoms with E-state index in [9.17, 15) is 14.5 Å². The Morgan fingerprint density at radius 3 is 3.05 bits per heavy atom. The number of nitro groups is 1. The van der Waals surface area contributed by atoms with E-state index in [0.29, 0.717) is 19.8 Å². The second-order valence-corrected chi connectivity index (χ2v) is 4.37. The van der Waals surface area contributed by atoms with E-state index in [0.717, 1.165) is 12.6 Å². The molecule has 2 N–H and O–H groups in total. The van der Waals surface area contributed by atoms with E-state index in [-0.39, 0.29) is 17.5 Å². The Morgan fingerprint density at radius 2 is 2.45 bits per heavy atom. The van der Waals surface area contributed by atoms with Crippen LogP contribution in [0.3, 0.4) is 0 Å². The van der Waals surface area contributed by atoms with Gasteiger partial charge in [-0.3, -0.25) is 10.1 Å². The summed E-state index contributed by atoms with van der Waals surface area (Å²) in [7, 11) is 1.31. The number of halogens is 1. The highest BCUT2D eigenvalue weighted by Crippen LogP contribution is 2.32. The first-order valence-corrected chi connectivity index (χ1v) is 6.18. The third-order valence-corrected chi connectivity index (χ3v) is 3.00. The molecule has 0 amide bonds. The molecule has 1 heterocycles. The van der Waals surface area contributed by atoms with Gasteiger partial charge < -0.3 is 20.1 Å². The fraction of sp³-hybridized carbons (Fsp3) is 0.500. The van der Waals surface area contributed by atoms with Gasteiger partial charge in [-0.2, -0.15) is 0 Å². The van der Waals surface area contributed by atoms with Gasteiger partial charge in [0, 0.05) is 25.2 Å². The Labute approximate surface area is 115 Å². The van der Waals surface area contributed by atoms with Crippen LogP contribution in [0.1, 0.15) is 0 Å². The maximum Gasteiger partial charge on any atom is 0.313 e. The van der Waals surface area contributed by atoms with Crippen molar-refractivity contribution in [3.05, 3.63) is 28.1 Å². The molecule has 0 aromatic heterocycles. The zero-order valence-corrected chi connectivity index (χ0v) is 11.0. The summed E-state index contributed by atoms with van der Waals surface area (Å²) in [5, 5.41) is 16.9. The molecule has 1 aromatic rings. The minimum absolute atomic E-state index is 0.0201. The Hall–Kier alpha value is -1.93. The maximum atomic E-state index is 13.8. The molecule has 110 valence electrons. The summed E-state index contributed by atoms with van der Waals surface area (Å²) in [6.45, 7) is 2.41. The molecule has 20 heavy (non-hydrogen) atoms. The van der Waals surface area contributed by atoms with Crippen molar-refractivity contribution in [3.8, 4) is 5.75 Å². The molecule has 1 fully saturated rings. The van der Waals surface area contributed by atoms with Crippen molar-refractivity contribution in [1.29, 1.82) is 0 Å². The van der Waals surface area contributed by atoms with Gasteiger partial charge >= 0.3 is 5.69 Å².